The number of aromatic nitrogens is 3. The maximum Gasteiger partial charge on any atom is 0.272 e. The molecule has 0 radical (unpaired) electrons. The molecular weight excluding hydrogens is 270 g/mol. The van der Waals surface area contributed by atoms with Gasteiger partial charge in [0.15, 0.2) is 5.65 Å². The topological polar surface area (TPSA) is 88.7 Å². The molecule has 114 valence electrons. The minimum Gasteiger partial charge on any atom is -0.376 e. The Bertz CT molecular complexity index is 676. The quantitative estimate of drug-likeness (QED) is 0.820. The number of rotatable bonds is 4. The molecule has 1 atom stereocenters. The summed E-state index contributed by atoms with van der Waals surface area (Å²) in [6, 6.07) is 3.47. The highest BCUT2D eigenvalue weighted by Crippen LogP contribution is 2.11. The number of ether oxygens (including phenoxy) is 1. The summed E-state index contributed by atoms with van der Waals surface area (Å²) in [6.45, 7) is 5.61. The van der Waals surface area contributed by atoms with Crippen LogP contribution in [0.1, 0.15) is 17.8 Å². The Morgan fingerprint density at radius 2 is 2.38 bits per heavy atom. The van der Waals surface area contributed by atoms with Gasteiger partial charge in [0.25, 0.3) is 5.56 Å². The molecule has 1 saturated heterocycles. The summed E-state index contributed by atoms with van der Waals surface area (Å²) < 4.78 is 7.14. The molecule has 2 aromatic heterocycles. The highest BCUT2D eigenvalue weighted by Gasteiger charge is 2.20. The minimum atomic E-state index is -0.0742. The van der Waals surface area contributed by atoms with Crippen molar-refractivity contribution in [2.24, 2.45) is 5.73 Å². The summed E-state index contributed by atoms with van der Waals surface area (Å²) in [5, 5.41) is 2.98. The second-order valence-electron chi connectivity index (χ2n) is 5.52. The van der Waals surface area contributed by atoms with Crippen LogP contribution in [0.25, 0.3) is 5.65 Å². The molecule has 1 aliphatic heterocycles. The molecule has 2 aromatic rings. The van der Waals surface area contributed by atoms with Crippen LogP contribution >= 0.6 is 0 Å². The zero-order valence-electron chi connectivity index (χ0n) is 12.2. The average molecular weight is 291 g/mol. The molecule has 7 nitrogen and oxygen atoms in total. The molecule has 0 aliphatic carbocycles. The van der Waals surface area contributed by atoms with Crippen LogP contribution in [0.4, 0.5) is 0 Å². The van der Waals surface area contributed by atoms with Gasteiger partial charge in [-0.3, -0.25) is 14.8 Å². The van der Waals surface area contributed by atoms with Gasteiger partial charge in [-0.25, -0.2) is 9.50 Å². The Labute approximate surface area is 122 Å². The molecule has 0 saturated carbocycles. The molecule has 7 heteroatoms. The van der Waals surface area contributed by atoms with Crippen LogP contribution in [-0.4, -0.2) is 51.8 Å². The van der Waals surface area contributed by atoms with Crippen molar-refractivity contribution in [1.29, 1.82) is 0 Å². The fourth-order valence-corrected chi connectivity index (χ4v) is 2.76. The molecule has 0 bridgehead atoms. The van der Waals surface area contributed by atoms with E-state index in [9.17, 15) is 4.79 Å². The van der Waals surface area contributed by atoms with Crippen molar-refractivity contribution in [2.45, 2.75) is 26.0 Å². The average Bonchev–Trinajstić information content (AvgIpc) is 2.81. The van der Waals surface area contributed by atoms with Crippen LogP contribution in [0, 0.1) is 6.92 Å². The normalized spacial score (nSPS) is 20.2. The molecule has 0 aromatic carbocycles. The van der Waals surface area contributed by atoms with Crippen LogP contribution < -0.4 is 11.3 Å². The van der Waals surface area contributed by atoms with Gasteiger partial charge in [-0.05, 0) is 19.9 Å². The standard InChI is InChI=1S/C14H21N5O2/c1-10-6-13-16-11(7-14(20)19(13)17-10)8-18-4-5-21-12(9-18)2-3-15/h6-7,12,17H,2-5,8-9,15H2,1H3/t12-/m1/s1. The van der Waals surface area contributed by atoms with Crippen LogP contribution in [-0.2, 0) is 11.3 Å². The highest BCUT2D eigenvalue weighted by molar-refractivity contribution is 5.39. The second-order valence-corrected chi connectivity index (χ2v) is 5.52. The van der Waals surface area contributed by atoms with Gasteiger partial charge in [0.2, 0.25) is 0 Å². The SMILES string of the molecule is Cc1cc2nc(CN3CCO[C@H](CCN)C3)cc(=O)n2[nH]1. The summed E-state index contributed by atoms with van der Waals surface area (Å²) >= 11 is 0. The predicted octanol–water partition coefficient (Wildman–Crippen LogP) is -0.119. The van der Waals surface area contributed by atoms with E-state index in [0.717, 1.165) is 30.9 Å². The third kappa shape index (κ3) is 3.15. The maximum absolute atomic E-state index is 12.1. The number of nitrogens with two attached hydrogens (primary N) is 1. The number of aromatic amines is 1. The Hall–Kier alpha value is -1.70. The molecule has 1 aliphatic rings. The summed E-state index contributed by atoms with van der Waals surface area (Å²) in [7, 11) is 0. The zero-order chi connectivity index (χ0) is 14.8. The number of nitrogens with one attached hydrogen (secondary N) is 1. The van der Waals surface area contributed by atoms with E-state index in [2.05, 4.69) is 15.0 Å². The van der Waals surface area contributed by atoms with E-state index in [-0.39, 0.29) is 11.7 Å². The Morgan fingerprint density at radius 3 is 3.19 bits per heavy atom. The molecule has 1 fully saturated rings. The molecule has 0 amide bonds. The number of morpholine rings is 1. The number of hydrogen-bond donors (Lipinski definition) is 2. The fourth-order valence-electron chi connectivity index (χ4n) is 2.76. The van der Waals surface area contributed by atoms with Gasteiger partial charge in [-0.2, -0.15) is 0 Å². The minimum absolute atomic E-state index is 0.0742. The first-order chi connectivity index (χ1) is 10.2. The van der Waals surface area contributed by atoms with Crippen molar-refractivity contribution in [3.05, 3.63) is 33.9 Å². The summed E-state index contributed by atoms with van der Waals surface area (Å²) in [4.78, 5) is 18.9. The van der Waals surface area contributed by atoms with E-state index < -0.39 is 0 Å². The summed E-state index contributed by atoms with van der Waals surface area (Å²) in [5.74, 6) is 0. The number of fused-ring (bicyclic) bond motifs is 1. The van der Waals surface area contributed by atoms with Crippen LogP contribution in [0.15, 0.2) is 16.9 Å². The van der Waals surface area contributed by atoms with Crippen LogP contribution in [0.3, 0.4) is 0 Å². The number of aryl methyl sites for hydroxylation is 1. The highest BCUT2D eigenvalue weighted by atomic mass is 16.5. The van der Waals surface area contributed by atoms with Crippen molar-refractivity contribution >= 4 is 5.65 Å². The van der Waals surface area contributed by atoms with Gasteiger partial charge in [-0.15, -0.1) is 0 Å². The lowest BCUT2D eigenvalue weighted by molar-refractivity contribution is -0.0338. The number of nitrogens with zero attached hydrogens (tertiary/aromatic N) is 3. The molecule has 3 N–H and O–H groups in total. The van der Waals surface area contributed by atoms with Crippen LogP contribution in [0.5, 0.6) is 0 Å². The van der Waals surface area contributed by atoms with E-state index in [1.54, 1.807) is 6.07 Å². The van der Waals surface area contributed by atoms with Gasteiger partial charge < -0.3 is 10.5 Å². The van der Waals surface area contributed by atoms with Gasteiger partial charge in [-0.1, -0.05) is 0 Å². The summed E-state index contributed by atoms with van der Waals surface area (Å²) in [5.41, 5.74) is 7.90. The van der Waals surface area contributed by atoms with E-state index in [4.69, 9.17) is 10.5 Å². The van der Waals surface area contributed by atoms with Gasteiger partial charge in [0.1, 0.15) is 0 Å². The number of H-pyrrole nitrogens is 1. The lowest BCUT2D eigenvalue weighted by Crippen LogP contribution is -2.43. The molecule has 0 spiro atoms. The van der Waals surface area contributed by atoms with E-state index in [1.165, 1.54) is 4.52 Å². The van der Waals surface area contributed by atoms with Crippen molar-refractivity contribution in [3.8, 4) is 0 Å². The smallest absolute Gasteiger partial charge is 0.272 e. The van der Waals surface area contributed by atoms with E-state index in [1.807, 2.05) is 13.0 Å². The Balaban J connectivity index is 1.76. The first kappa shape index (κ1) is 14.2. The molecular formula is C14H21N5O2. The molecule has 0 unspecified atom stereocenters. The van der Waals surface area contributed by atoms with Crippen molar-refractivity contribution in [1.82, 2.24) is 19.5 Å². The Morgan fingerprint density at radius 1 is 1.52 bits per heavy atom. The Kier molecular flexibility index (Phi) is 4.05. The predicted molar refractivity (Wildman–Crippen MR) is 79.2 cm³/mol. The first-order valence-corrected chi connectivity index (χ1v) is 7.28. The lowest BCUT2D eigenvalue weighted by atomic mass is 10.2. The van der Waals surface area contributed by atoms with Gasteiger partial charge in [0.05, 0.1) is 18.4 Å². The second kappa shape index (κ2) is 5.97. The van der Waals surface area contributed by atoms with E-state index >= 15 is 0 Å². The van der Waals surface area contributed by atoms with Crippen molar-refractivity contribution in [2.75, 3.05) is 26.2 Å². The lowest BCUT2D eigenvalue weighted by Gasteiger charge is -2.32. The molecule has 21 heavy (non-hydrogen) atoms. The monoisotopic (exact) mass is 291 g/mol. The van der Waals surface area contributed by atoms with Gasteiger partial charge in [0, 0.05) is 37.5 Å². The van der Waals surface area contributed by atoms with Crippen molar-refractivity contribution in [3.63, 3.8) is 0 Å². The summed E-state index contributed by atoms with van der Waals surface area (Å²) in [6.07, 6.45) is 1.05. The number of hydrogen-bond acceptors (Lipinski definition) is 5. The maximum atomic E-state index is 12.1. The first-order valence-electron chi connectivity index (χ1n) is 7.28. The molecule has 3 rings (SSSR count). The van der Waals surface area contributed by atoms with Crippen molar-refractivity contribution < 1.29 is 4.74 Å². The van der Waals surface area contributed by atoms with E-state index in [0.29, 0.717) is 25.3 Å². The molecule has 3 heterocycles. The largest absolute Gasteiger partial charge is 0.376 e. The van der Waals surface area contributed by atoms with Gasteiger partial charge >= 0.3 is 0 Å². The van der Waals surface area contributed by atoms with Crippen LogP contribution in [0.2, 0.25) is 0 Å². The fraction of sp³-hybridized carbons (Fsp3) is 0.571. The third-order valence-electron chi connectivity index (χ3n) is 3.73. The zero-order valence-corrected chi connectivity index (χ0v) is 12.2. The third-order valence-corrected chi connectivity index (χ3v) is 3.73.